The number of sulfonamides is 1. The molecule has 0 bridgehead atoms. The van der Waals surface area contributed by atoms with E-state index in [0.717, 1.165) is 10.7 Å². The molecule has 11 heteroatoms. The number of ether oxygens (including phenoxy) is 1. The average Bonchev–Trinajstić information content (AvgIpc) is 3.20. The van der Waals surface area contributed by atoms with Crippen LogP contribution in [0.3, 0.4) is 0 Å². The van der Waals surface area contributed by atoms with Gasteiger partial charge in [-0.2, -0.15) is 4.31 Å². The van der Waals surface area contributed by atoms with Gasteiger partial charge in [0.05, 0.1) is 28.9 Å². The number of aliphatic hydroxyl groups excluding tert-OH is 1. The van der Waals surface area contributed by atoms with Crippen LogP contribution in [0.5, 0.6) is 5.75 Å². The third-order valence-corrected chi connectivity index (χ3v) is 7.86. The number of fused-ring (bicyclic) bond motifs is 1. The number of aryl methyl sites for hydroxylation is 2. The maximum atomic E-state index is 13.4. The van der Waals surface area contributed by atoms with Gasteiger partial charge >= 0.3 is 0 Å². The highest BCUT2D eigenvalue weighted by molar-refractivity contribution is 7.89. The van der Waals surface area contributed by atoms with Gasteiger partial charge in [0.25, 0.3) is 5.56 Å². The van der Waals surface area contributed by atoms with Crippen molar-refractivity contribution >= 4 is 15.5 Å². The Morgan fingerprint density at radius 3 is 2.57 bits per heavy atom. The lowest BCUT2D eigenvalue weighted by atomic mass is 10.1. The van der Waals surface area contributed by atoms with E-state index in [2.05, 4.69) is 15.1 Å². The number of hydrogen-bond acceptors (Lipinski definition) is 7. The van der Waals surface area contributed by atoms with Crippen LogP contribution in [0.15, 0.2) is 58.2 Å². The summed E-state index contributed by atoms with van der Waals surface area (Å²) < 4.78 is 35.2. The van der Waals surface area contributed by atoms with Crippen molar-refractivity contribution in [3.63, 3.8) is 0 Å². The number of likely N-dealkylation sites (N-methyl/N-ethyl adjacent to an activating group) is 1. The van der Waals surface area contributed by atoms with Gasteiger partial charge in [0.15, 0.2) is 11.3 Å². The fourth-order valence-corrected chi connectivity index (χ4v) is 5.39. The molecule has 0 fully saturated rings. The molecule has 4 aromatic rings. The van der Waals surface area contributed by atoms with E-state index in [-0.39, 0.29) is 22.8 Å². The highest BCUT2D eigenvalue weighted by Gasteiger charge is 2.26. The SMILES string of the molecule is CCCc1nc(C)c2c(=O)[nH]c(-c3cc(S(=O)(=O)N(C)CC(O)c4ccccc4)ccc3OCC)nn12. The van der Waals surface area contributed by atoms with Crippen LogP contribution < -0.4 is 10.3 Å². The lowest BCUT2D eigenvalue weighted by molar-refractivity contribution is 0.155. The van der Waals surface area contributed by atoms with E-state index in [1.54, 1.807) is 37.3 Å². The predicted octanol–water partition coefficient (Wildman–Crippen LogP) is 3.10. The largest absolute Gasteiger partial charge is 0.493 e. The molecule has 2 heterocycles. The molecule has 1 atom stereocenters. The van der Waals surface area contributed by atoms with E-state index < -0.39 is 16.1 Å². The molecular weight excluding hydrogens is 494 g/mol. The average molecular weight is 526 g/mol. The van der Waals surface area contributed by atoms with Crippen LogP contribution in [0.1, 0.15) is 43.5 Å². The highest BCUT2D eigenvalue weighted by atomic mass is 32.2. The number of H-pyrrole nitrogens is 1. The maximum absolute atomic E-state index is 13.4. The van der Waals surface area contributed by atoms with E-state index in [1.807, 2.05) is 19.9 Å². The van der Waals surface area contributed by atoms with Crippen LogP contribution in [0.25, 0.3) is 16.9 Å². The zero-order chi connectivity index (χ0) is 26.7. The minimum absolute atomic E-state index is 0.0212. The number of imidazole rings is 1. The van der Waals surface area contributed by atoms with Crippen molar-refractivity contribution in [2.24, 2.45) is 0 Å². The zero-order valence-corrected chi connectivity index (χ0v) is 22.1. The predicted molar refractivity (Wildman–Crippen MR) is 140 cm³/mol. The Morgan fingerprint density at radius 2 is 1.89 bits per heavy atom. The summed E-state index contributed by atoms with van der Waals surface area (Å²) in [6, 6.07) is 13.3. The Balaban J connectivity index is 1.77. The number of rotatable bonds is 10. The van der Waals surface area contributed by atoms with Crippen LogP contribution in [0, 0.1) is 6.92 Å². The molecule has 37 heavy (non-hydrogen) atoms. The molecule has 0 aliphatic carbocycles. The van der Waals surface area contributed by atoms with Crippen molar-refractivity contribution < 1.29 is 18.3 Å². The molecule has 2 aromatic heterocycles. The van der Waals surface area contributed by atoms with Crippen molar-refractivity contribution in [2.75, 3.05) is 20.2 Å². The number of nitrogens with one attached hydrogen (secondary N) is 1. The molecule has 0 saturated heterocycles. The summed E-state index contributed by atoms with van der Waals surface area (Å²) in [5.41, 5.74) is 1.49. The quantitative estimate of drug-likeness (QED) is 0.325. The van der Waals surface area contributed by atoms with Gasteiger partial charge < -0.3 is 14.8 Å². The first-order chi connectivity index (χ1) is 17.7. The Kier molecular flexibility index (Phi) is 7.76. The molecule has 10 nitrogen and oxygen atoms in total. The number of hydrogen-bond donors (Lipinski definition) is 2. The summed E-state index contributed by atoms with van der Waals surface area (Å²) in [5.74, 6) is 1.20. The van der Waals surface area contributed by atoms with Gasteiger partial charge in [-0.1, -0.05) is 37.3 Å². The lowest BCUT2D eigenvalue weighted by Gasteiger charge is -2.21. The Labute approximate surface area is 215 Å². The number of aromatic nitrogens is 4. The van der Waals surface area contributed by atoms with Gasteiger partial charge in [-0.25, -0.2) is 17.9 Å². The van der Waals surface area contributed by atoms with Crippen molar-refractivity contribution in [1.82, 2.24) is 23.9 Å². The zero-order valence-electron chi connectivity index (χ0n) is 21.3. The van der Waals surface area contributed by atoms with Crippen molar-refractivity contribution in [2.45, 2.75) is 44.6 Å². The Hall–Kier alpha value is -3.54. The molecule has 0 spiro atoms. The minimum Gasteiger partial charge on any atom is -0.493 e. The first kappa shape index (κ1) is 26.5. The molecule has 2 N–H and O–H groups in total. The third kappa shape index (κ3) is 5.29. The summed E-state index contributed by atoms with van der Waals surface area (Å²) in [6.07, 6.45) is 0.457. The highest BCUT2D eigenvalue weighted by Crippen LogP contribution is 2.31. The van der Waals surface area contributed by atoms with Crippen LogP contribution in [-0.2, 0) is 16.4 Å². The smallest absolute Gasteiger partial charge is 0.277 e. The summed E-state index contributed by atoms with van der Waals surface area (Å²) >= 11 is 0. The van der Waals surface area contributed by atoms with Gasteiger partial charge in [0.2, 0.25) is 10.0 Å². The fourth-order valence-electron chi connectivity index (χ4n) is 4.18. The van der Waals surface area contributed by atoms with E-state index in [1.165, 1.54) is 23.7 Å². The van der Waals surface area contributed by atoms with E-state index in [4.69, 9.17) is 4.74 Å². The number of nitrogens with zero attached hydrogens (tertiary/aromatic N) is 4. The molecular formula is C26H31N5O5S. The second kappa shape index (κ2) is 10.8. The van der Waals surface area contributed by atoms with Gasteiger partial charge in [0, 0.05) is 20.0 Å². The second-order valence-corrected chi connectivity index (χ2v) is 10.8. The summed E-state index contributed by atoms with van der Waals surface area (Å²) in [6.45, 7) is 5.77. The summed E-state index contributed by atoms with van der Waals surface area (Å²) in [5, 5.41) is 15.2. The van der Waals surface area contributed by atoms with Gasteiger partial charge in [-0.05, 0) is 44.0 Å². The first-order valence-electron chi connectivity index (χ1n) is 12.1. The minimum atomic E-state index is -3.99. The van der Waals surface area contributed by atoms with Crippen molar-refractivity contribution in [3.05, 3.63) is 76.0 Å². The fraction of sp³-hybridized carbons (Fsp3) is 0.346. The van der Waals surface area contributed by atoms with E-state index >= 15 is 0 Å². The normalized spacial score (nSPS) is 12.8. The number of aromatic amines is 1. The Bertz CT molecular complexity index is 1560. The van der Waals surface area contributed by atoms with Crippen molar-refractivity contribution in [3.8, 4) is 17.1 Å². The third-order valence-electron chi connectivity index (χ3n) is 6.04. The molecule has 0 aliphatic rings. The lowest BCUT2D eigenvalue weighted by Crippen LogP contribution is -2.31. The molecule has 0 aliphatic heterocycles. The first-order valence-corrected chi connectivity index (χ1v) is 13.6. The molecule has 0 radical (unpaired) electrons. The van der Waals surface area contributed by atoms with Gasteiger partial charge in [-0.15, -0.1) is 5.10 Å². The molecule has 2 aromatic carbocycles. The number of aliphatic hydroxyl groups is 1. The standard InChI is InChI=1S/C26H31N5O5S/c1-5-10-23-27-17(3)24-26(33)28-25(29-31(23)24)20-15-19(13-14-22(20)36-6-2)37(34,35)30(4)16-21(32)18-11-8-7-9-12-18/h7-9,11-15,21,32H,5-6,10,16H2,1-4H3,(H,28,29,33). The molecule has 0 amide bonds. The summed E-state index contributed by atoms with van der Waals surface area (Å²) in [4.78, 5) is 20.2. The molecule has 4 rings (SSSR count). The van der Waals surface area contributed by atoms with Crippen molar-refractivity contribution in [1.29, 1.82) is 0 Å². The monoisotopic (exact) mass is 525 g/mol. The molecule has 0 saturated carbocycles. The molecule has 1 unspecified atom stereocenters. The Morgan fingerprint density at radius 1 is 1.16 bits per heavy atom. The van der Waals surface area contributed by atoms with Crippen LogP contribution in [0.4, 0.5) is 0 Å². The molecule has 196 valence electrons. The van der Waals surface area contributed by atoms with E-state index in [0.29, 0.717) is 46.9 Å². The summed E-state index contributed by atoms with van der Waals surface area (Å²) in [7, 11) is -2.58. The van der Waals surface area contributed by atoms with Crippen LogP contribution in [-0.4, -0.2) is 57.6 Å². The number of benzene rings is 2. The van der Waals surface area contributed by atoms with Gasteiger partial charge in [-0.3, -0.25) is 4.79 Å². The van der Waals surface area contributed by atoms with Crippen LogP contribution >= 0.6 is 0 Å². The van der Waals surface area contributed by atoms with E-state index in [9.17, 15) is 18.3 Å². The van der Waals surface area contributed by atoms with Crippen LogP contribution in [0.2, 0.25) is 0 Å². The topological polar surface area (TPSA) is 130 Å². The van der Waals surface area contributed by atoms with Gasteiger partial charge in [0.1, 0.15) is 11.6 Å². The maximum Gasteiger partial charge on any atom is 0.277 e. The second-order valence-electron chi connectivity index (χ2n) is 8.73.